The van der Waals surface area contributed by atoms with Crippen molar-refractivity contribution in [1.29, 1.82) is 0 Å². The Morgan fingerprint density at radius 3 is 2.90 bits per heavy atom. The van der Waals surface area contributed by atoms with Gasteiger partial charge in [-0.3, -0.25) is 5.09 Å². The molecule has 1 aliphatic rings. The second-order valence-electron chi connectivity index (χ2n) is 2.51. The predicted octanol–water partition coefficient (Wildman–Crippen LogP) is 1.04. The van der Waals surface area contributed by atoms with Crippen LogP contribution in [0.5, 0.6) is 0 Å². The molecule has 0 spiro atoms. The first-order valence-corrected chi connectivity index (χ1v) is 4.04. The van der Waals surface area contributed by atoms with Crippen LogP contribution in [0.15, 0.2) is 11.6 Å². The van der Waals surface area contributed by atoms with Crippen LogP contribution in [0.4, 0.5) is 0 Å². The summed E-state index contributed by atoms with van der Waals surface area (Å²) in [5.74, 6) is 0. The Balaban J connectivity index is 2.27. The van der Waals surface area contributed by atoms with E-state index in [4.69, 9.17) is 0 Å². The number of nitrogens with one attached hydrogen (secondary N) is 1. The number of allylic oxidation sites excluding steroid dienone is 1. The minimum Gasteiger partial charge on any atom is -0.302 e. The molecule has 10 heavy (non-hydrogen) atoms. The molecule has 1 aliphatic carbocycles. The number of carbonyl (C=O) groups is 1. The van der Waals surface area contributed by atoms with Crippen LogP contribution >= 0.6 is 9.39 Å². The zero-order valence-corrected chi connectivity index (χ0v) is 6.99. The van der Waals surface area contributed by atoms with Gasteiger partial charge in [-0.25, -0.2) is 0 Å². The zero-order valence-electron chi connectivity index (χ0n) is 5.84. The molecular weight excluding hydrogens is 145 g/mol. The molecule has 0 bridgehead atoms. The highest BCUT2D eigenvalue weighted by atomic mass is 31.0. The SMILES string of the molecule is O=CC(CC1=CCC1)NP. The zero-order chi connectivity index (χ0) is 7.40. The van der Waals surface area contributed by atoms with Gasteiger partial charge in [-0.1, -0.05) is 21.0 Å². The van der Waals surface area contributed by atoms with Crippen molar-refractivity contribution in [1.82, 2.24) is 5.09 Å². The maximum atomic E-state index is 10.3. The molecule has 0 aromatic heterocycles. The lowest BCUT2D eigenvalue weighted by Crippen LogP contribution is -2.23. The molecule has 0 radical (unpaired) electrons. The summed E-state index contributed by atoms with van der Waals surface area (Å²) < 4.78 is 0. The summed E-state index contributed by atoms with van der Waals surface area (Å²) in [5.41, 5.74) is 1.41. The molecule has 0 amide bonds. The lowest BCUT2D eigenvalue weighted by Gasteiger charge is -2.17. The first kappa shape index (κ1) is 7.90. The Labute approximate surface area is 63.3 Å². The van der Waals surface area contributed by atoms with E-state index in [9.17, 15) is 4.79 Å². The molecule has 0 aromatic carbocycles. The van der Waals surface area contributed by atoms with Gasteiger partial charge in [0.1, 0.15) is 6.29 Å². The average Bonchev–Trinajstić information content (AvgIpc) is 1.87. The largest absolute Gasteiger partial charge is 0.302 e. The average molecular weight is 157 g/mol. The summed E-state index contributed by atoms with van der Waals surface area (Å²) in [6.07, 6.45) is 6.39. The van der Waals surface area contributed by atoms with Crippen molar-refractivity contribution in [2.45, 2.75) is 25.3 Å². The Kier molecular flexibility index (Phi) is 3.04. The molecule has 0 aromatic rings. The molecule has 2 nitrogen and oxygen atoms in total. The van der Waals surface area contributed by atoms with Crippen LogP contribution in [0.1, 0.15) is 19.3 Å². The molecule has 1 N–H and O–H groups in total. The van der Waals surface area contributed by atoms with E-state index in [1.165, 1.54) is 18.4 Å². The Morgan fingerprint density at radius 1 is 1.90 bits per heavy atom. The second-order valence-corrected chi connectivity index (χ2v) is 2.85. The molecule has 56 valence electrons. The van der Waals surface area contributed by atoms with Gasteiger partial charge in [-0.15, -0.1) is 0 Å². The van der Waals surface area contributed by atoms with Gasteiger partial charge in [-0.05, 0) is 19.3 Å². The van der Waals surface area contributed by atoms with Crippen LogP contribution in [0, 0.1) is 0 Å². The normalized spacial score (nSPS) is 19.1. The number of rotatable bonds is 4. The molecule has 0 fully saturated rings. The van der Waals surface area contributed by atoms with E-state index in [2.05, 4.69) is 20.6 Å². The first-order valence-electron chi connectivity index (χ1n) is 3.46. The molecule has 0 heterocycles. The van der Waals surface area contributed by atoms with E-state index in [0.29, 0.717) is 0 Å². The van der Waals surface area contributed by atoms with E-state index in [1.54, 1.807) is 0 Å². The summed E-state index contributed by atoms with van der Waals surface area (Å²) in [6.45, 7) is 0. The summed E-state index contributed by atoms with van der Waals surface area (Å²) in [5, 5.41) is 2.86. The minimum atomic E-state index is -0.00319. The van der Waals surface area contributed by atoms with Crippen molar-refractivity contribution in [2.24, 2.45) is 0 Å². The summed E-state index contributed by atoms with van der Waals surface area (Å²) in [6, 6.07) is -0.00319. The molecule has 1 rings (SSSR count). The summed E-state index contributed by atoms with van der Waals surface area (Å²) >= 11 is 0. The Hall–Kier alpha value is -0.200. The third kappa shape index (κ3) is 1.89. The van der Waals surface area contributed by atoms with Crippen LogP contribution < -0.4 is 5.09 Å². The van der Waals surface area contributed by atoms with Crippen LogP contribution in [0.25, 0.3) is 0 Å². The topological polar surface area (TPSA) is 29.1 Å². The van der Waals surface area contributed by atoms with Crippen molar-refractivity contribution >= 4 is 15.7 Å². The summed E-state index contributed by atoms with van der Waals surface area (Å²) in [7, 11) is 2.37. The van der Waals surface area contributed by atoms with Crippen LogP contribution in [-0.2, 0) is 4.79 Å². The van der Waals surface area contributed by atoms with Gasteiger partial charge in [-0.2, -0.15) is 0 Å². The monoisotopic (exact) mass is 157 g/mol. The van der Waals surface area contributed by atoms with E-state index >= 15 is 0 Å². The first-order chi connectivity index (χ1) is 4.86. The van der Waals surface area contributed by atoms with Crippen molar-refractivity contribution in [3.05, 3.63) is 11.6 Å². The van der Waals surface area contributed by atoms with Crippen molar-refractivity contribution < 1.29 is 4.79 Å². The highest BCUT2D eigenvalue weighted by molar-refractivity contribution is 7.13. The van der Waals surface area contributed by atoms with Crippen molar-refractivity contribution in [3.63, 3.8) is 0 Å². The molecule has 3 heteroatoms. The van der Waals surface area contributed by atoms with Gasteiger partial charge in [0.2, 0.25) is 0 Å². The predicted molar refractivity (Wildman–Crippen MR) is 44.6 cm³/mol. The smallest absolute Gasteiger partial charge is 0.137 e. The fraction of sp³-hybridized carbons (Fsp3) is 0.571. The maximum absolute atomic E-state index is 10.3. The number of hydrogen-bond acceptors (Lipinski definition) is 2. The third-order valence-corrected chi connectivity index (χ3v) is 2.19. The second kappa shape index (κ2) is 3.85. The van der Waals surface area contributed by atoms with Gasteiger partial charge in [0, 0.05) is 0 Å². The van der Waals surface area contributed by atoms with Crippen molar-refractivity contribution in [2.75, 3.05) is 0 Å². The quantitative estimate of drug-likeness (QED) is 0.375. The molecule has 0 saturated heterocycles. The Bertz CT molecular complexity index is 156. The van der Waals surface area contributed by atoms with Gasteiger partial charge in [0.05, 0.1) is 6.04 Å². The van der Waals surface area contributed by atoms with Gasteiger partial charge in [0.25, 0.3) is 0 Å². The molecule has 2 atom stereocenters. The van der Waals surface area contributed by atoms with Gasteiger partial charge < -0.3 is 4.79 Å². The van der Waals surface area contributed by atoms with Crippen LogP contribution in [0.3, 0.4) is 0 Å². The van der Waals surface area contributed by atoms with Gasteiger partial charge >= 0.3 is 0 Å². The number of carbonyl (C=O) groups excluding carboxylic acids is 1. The highest BCUT2D eigenvalue weighted by Crippen LogP contribution is 2.22. The Morgan fingerprint density at radius 2 is 2.60 bits per heavy atom. The molecule has 0 saturated carbocycles. The van der Waals surface area contributed by atoms with E-state index in [-0.39, 0.29) is 6.04 Å². The lowest BCUT2D eigenvalue weighted by molar-refractivity contribution is -0.109. The van der Waals surface area contributed by atoms with Crippen molar-refractivity contribution in [3.8, 4) is 0 Å². The number of aldehydes is 1. The van der Waals surface area contributed by atoms with Crippen LogP contribution in [0.2, 0.25) is 0 Å². The molecule has 2 unspecified atom stereocenters. The minimum absolute atomic E-state index is 0.00319. The molecular formula is C7H12NOP. The van der Waals surface area contributed by atoms with E-state index in [1.807, 2.05) is 0 Å². The van der Waals surface area contributed by atoms with E-state index < -0.39 is 0 Å². The molecule has 0 aliphatic heterocycles. The van der Waals surface area contributed by atoms with E-state index in [0.717, 1.165) is 12.7 Å². The third-order valence-electron chi connectivity index (χ3n) is 1.76. The highest BCUT2D eigenvalue weighted by Gasteiger charge is 2.11. The number of hydrogen-bond donors (Lipinski definition) is 1. The maximum Gasteiger partial charge on any atom is 0.137 e. The fourth-order valence-corrected chi connectivity index (χ4v) is 1.16. The fourth-order valence-electron chi connectivity index (χ4n) is 0.963. The summed E-state index contributed by atoms with van der Waals surface area (Å²) in [4.78, 5) is 10.3. The lowest BCUT2D eigenvalue weighted by atomic mass is 9.93. The van der Waals surface area contributed by atoms with Crippen LogP contribution in [-0.4, -0.2) is 12.3 Å². The van der Waals surface area contributed by atoms with Gasteiger partial charge in [0.15, 0.2) is 0 Å². The standard InChI is InChI=1S/C7H12NOP/c9-5-7(8-10)4-6-2-1-3-6/h2,5,7-8H,1,3-4,10H2.